The zero-order valence-electron chi connectivity index (χ0n) is 13.4. The van der Waals surface area contributed by atoms with E-state index in [2.05, 4.69) is 0 Å². The average Bonchev–Trinajstić information content (AvgIpc) is 2.56. The number of carbonyl (C=O) groups is 1. The summed E-state index contributed by atoms with van der Waals surface area (Å²) in [5.41, 5.74) is 1.08. The minimum atomic E-state index is -0.550. The molecule has 0 spiro atoms. The van der Waals surface area contributed by atoms with Crippen LogP contribution in [0.15, 0.2) is 42.2 Å². The van der Waals surface area contributed by atoms with Crippen molar-refractivity contribution in [2.24, 2.45) is 0 Å². The van der Waals surface area contributed by atoms with Gasteiger partial charge in [0.1, 0.15) is 6.10 Å². The zero-order chi connectivity index (χ0) is 16.5. The van der Waals surface area contributed by atoms with Gasteiger partial charge in [-0.3, -0.25) is 4.79 Å². The van der Waals surface area contributed by atoms with E-state index in [1.165, 1.54) is 0 Å². The van der Waals surface area contributed by atoms with Crippen molar-refractivity contribution in [1.29, 1.82) is 0 Å². The van der Waals surface area contributed by atoms with Crippen molar-refractivity contribution in [3.63, 3.8) is 0 Å². The van der Waals surface area contributed by atoms with E-state index in [4.69, 9.17) is 14.2 Å². The molecule has 0 bridgehead atoms. The molecule has 5 heteroatoms. The van der Waals surface area contributed by atoms with Crippen LogP contribution in [0.2, 0.25) is 0 Å². The molecule has 0 unspecified atom stereocenters. The van der Waals surface area contributed by atoms with Gasteiger partial charge in [-0.2, -0.15) is 0 Å². The molecule has 5 nitrogen and oxygen atoms in total. The highest BCUT2D eigenvalue weighted by Gasteiger charge is 2.27. The Morgan fingerprint density at radius 1 is 1.39 bits per heavy atom. The van der Waals surface area contributed by atoms with Crippen LogP contribution in [-0.4, -0.2) is 36.5 Å². The number of aliphatic hydroxyl groups is 1. The number of allylic oxidation sites excluding steroid dienone is 1. The Bertz CT molecular complexity index is 511. The highest BCUT2D eigenvalue weighted by molar-refractivity contribution is 5.71. The summed E-state index contributed by atoms with van der Waals surface area (Å²) in [5.74, 6) is 0.447. The number of hydrogen-bond donors (Lipinski definition) is 1. The van der Waals surface area contributed by atoms with E-state index in [0.717, 1.165) is 11.3 Å². The second-order valence-electron chi connectivity index (χ2n) is 5.44. The molecule has 23 heavy (non-hydrogen) atoms. The van der Waals surface area contributed by atoms with E-state index >= 15 is 0 Å². The number of aliphatic hydroxyl groups excluding tert-OH is 1. The van der Waals surface area contributed by atoms with Gasteiger partial charge < -0.3 is 19.3 Å². The summed E-state index contributed by atoms with van der Waals surface area (Å²) in [5, 5.41) is 10.0. The molecule has 0 amide bonds. The van der Waals surface area contributed by atoms with Crippen LogP contribution in [0.5, 0.6) is 0 Å². The smallest absolute Gasteiger partial charge is 0.309 e. The molecule has 1 heterocycles. The van der Waals surface area contributed by atoms with Gasteiger partial charge in [0, 0.05) is 6.42 Å². The summed E-state index contributed by atoms with van der Waals surface area (Å²) in [6, 6.07) is 9.85. The van der Waals surface area contributed by atoms with Crippen LogP contribution in [-0.2, 0) is 25.6 Å². The first-order chi connectivity index (χ1) is 11.2. The van der Waals surface area contributed by atoms with Crippen molar-refractivity contribution in [2.75, 3.05) is 13.2 Å². The maximum Gasteiger partial charge on any atom is 0.309 e. The minimum absolute atomic E-state index is 0.191. The van der Waals surface area contributed by atoms with Gasteiger partial charge >= 0.3 is 5.97 Å². The average molecular weight is 320 g/mol. The molecule has 1 N–H and O–H groups in total. The molecule has 0 saturated carbocycles. The van der Waals surface area contributed by atoms with Crippen molar-refractivity contribution < 1.29 is 24.1 Å². The van der Waals surface area contributed by atoms with E-state index in [1.807, 2.05) is 30.3 Å². The van der Waals surface area contributed by atoms with E-state index in [0.29, 0.717) is 32.7 Å². The van der Waals surface area contributed by atoms with Crippen LogP contribution in [0.3, 0.4) is 0 Å². The van der Waals surface area contributed by atoms with Crippen LogP contribution in [0.25, 0.3) is 0 Å². The van der Waals surface area contributed by atoms with Gasteiger partial charge in [-0.1, -0.05) is 30.3 Å². The summed E-state index contributed by atoms with van der Waals surface area (Å²) < 4.78 is 16.3. The quantitative estimate of drug-likeness (QED) is 0.782. The summed E-state index contributed by atoms with van der Waals surface area (Å²) >= 11 is 0. The van der Waals surface area contributed by atoms with Gasteiger partial charge in [-0.05, 0) is 25.0 Å². The fourth-order valence-electron chi connectivity index (χ4n) is 2.39. The van der Waals surface area contributed by atoms with Crippen molar-refractivity contribution in [3.05, 3.63) is 47.7 Å². The van der Waals surface area contributed by atoms with E-state index in [-0.39, 0.29) is 12.4 Å². The number of esters is 1. The van der Waals surface area contributed by atoms with Crippen LogP contribution in [0.1, 0.15) is 31.7 Å². The Morgan fingerprint density at radius 3 is 2.91 bits per heavy atom. The van der Waals surface area contributed by atoms with Crippen LogP contribution in [0.4, 0.5) is 0 Å². The molecule has 1 aromatic rings. The second kappa shape index (κ2) is 9.33. The number of hydrogen-bond acceptors (Lipinski definition) is 5. The summed E-state index contributed by atoms with van der Waals surface area (Å²) in [6.45, 7) is 2.94. The summed E-state index contributed by atoms with van der Waals surface area (Å²) in [4.78, 5) is 11.4. The third-order valence-corrected chi connectivity index (χ3v) is 3.61. The maximum atomic E-state index is 11.4. The van der Waals surface area contributed by atoms with Gasteiger partial charge in [0.15, 0.2) is 0 Å². The zero-order valence-corrected chi connectivity index (χ0v) is 13.4. The molecule has 1 aliphatic heterocycles. The molecule has 2 atom stereocenters. The first-order valence-corrected chi connectivity index (χ1v) is 8.00. The maximum absolute atomic E-state index is 11.4. The molecule has 0 aromatic heterocycles. The molecule has 0 radical (unpaired) electrons. The predicted molar refractivity (Wildman–Crippen MR) is 85.5 cm³/mol. The Balaban J connectivity index is 1.78. The van der Waals surface area contributed by atoms with E-state index in [9.17, 15) is 9.90 Å². The van der Waals surface area contributed by atoms with Crippen molar-refractivity contribution in [3.8, 4) is 0 Å². The Morgan fingerprint density at radius 2 is 2.17 bits per heavy atom. The van der Waals surface area contributed by atoms with Crippen molar-refractivity contribution in [1.82, 2.24) is 0 Å². The number of rotatable bonds is 7. The molecular formula is C18H24O5. The molecule has 1 aromatic carbocycles. The standard InChI is InChI=1S/C18H24O5/c1-2-22-18(20)11-9-15-8-10-16(19)17(23-15)13-21-12-14-6-4-3-5-7-14/h3-7,9,16-17,19H,2,8,10-13H2,1H3/b15-9-/t16-,17-/m1/s1. The monoisotopic (exact) mass is 320 g/mol. The third kappa shape index (κ3) is 6.04. The number of carbonyl (C=O) groups excluding carboxylic acids is 1. The Labute approximate surface area is 136 Å². The summed E-state index contributed by atoms with van der Waals surface area (Å²) in [7, 11) is 0. The Kier molecular flexibility index (Phi) is 7.10. The van der Waals surface area contributed by atoms with Gasteiger partial charge in [-0.15, -0.1) is 0 Å². The SMILES string of the molecule is CCOC(=O)C/C=C1/CC[C@@H](O)[C@@H](COCc2ccccc2)O1. The lowest BCUT2D eigenvalue weighted by molar-refractivity contribution is -0.142. The van der Waals surface area contributed by atoms with Gasteiger partial charge in [0.2, 0.25) is 0 Å². The highest BCUT2D eigenvalue weighted by Crippen LogP contribution is 2.23. The lowest BCUT2D eigenvalue weighted by Crippen LogP contribution is -2.36. The molecule has 1 saturated heterocycles. The fraction of sp³-hybridized carbons (Fsp3) is 0.500. The van der Waals surface area contributed by atoms with Crippen LogP contribution >= 0.6 is 0 Å². The predicted octanol–water partition coefficient (Wildman–Crippen LogP) is 2.58. The number of benzene rings is 1. The third-order valence-electron chi connectivity index (χ3n) is 3.61. The fourth-order valence-corrected chi connectivity index (χ4v) is 2.39. The molecule has 2 rings (SSSR count). The molecule has 1 fully saturated rings. The molecule has 0 aliphatic carbocycles. The molecular weight excluding hydrogens is 296 g/mol. The van der Waals surface area contributed by atoms with Gasteiger partial charge in [0.25, 0.3) is 0 Å². The molecule has 1 aliphatic rings. The number of ether oxygens (including phenoxy) is 3. The van der Waals surface area contributed by atoms with Crippen molar-refractivity contribution in [2.45, 2.75) is 45.0 Å². The minimum Gasteiger partial charge on any atom is -0.490 e. The summed E-state index contributed by atoms with van der Waals surface area (Å²) in [6.07, 6.45) is 2.20. The first-order valence-electron chi connectivity index (χ1n) is 8.00. The molecule has 126 valence electrons. The van der Waals surface area contributed by atoms with Crippen LogP contribution in [0, 0.1) is 0 Å². The van der Waals surface area contributed by atoms with Crippen LogP contribution < -0.4 is 0 Å². The lowest BCUT2D eigenvalue weighted by atomic mass is 10.0. The largest absolute Gasteiger partial charge is 0.490 e. The van der Waals surface area contributed by atoms with E-state index in [1.54, 1.807) is 13.0 Å². The van der Waals surface area contributed by atoms with Gasteiger partial charge in [-0.25, -0.2) is 0 Å². The van der Waals surface area contributed by atoms with Crippen molar-refractivity contribution >= 4 is 5.97 Å². The van der Waals surface area contributed by atoms with E-state index < -0.39 is 12.2 Å². The topological polar surface area (TPSA) is 65.0 Å². The normalized spacial score (nSPS) is 22.6. The first kappa shape index (κ1) is 17.5. The lowest BCUT2D eigenvalue weighted by Gasteiger charge is -2.30. The highest BCUT2D eigenvalue weighted by atomic mass is 16.5. The second-order valence-corrected chi connectivity index (χ2v) is 5.44. The Hall–Kier alpha value is -1.85. The van der Waals surface area contributed by atoms with Gasteiger partial charge in [0.05, 0.1) is 38.1 Å².